The van der Waals surface area contributed by atoms with Gasteiger partial charge in [-0.05, 0) is 36.3 Å². The summed E-state index contributed by atoms with van der Waals surface area (Å²) in [5.41, 5.74) is 2.20. The summed E-state index contributed by atoms with van der Waals surface area (Å²) < 4.78 is 0. The van der Waals surface area contributed by atoms with Gasteiger partial charge in [-0.3, -0.25) is 0 Å². The zero-order valence-corrected chi connectivity index (χ0v) is 7.79. The molecule has 1 saturated heterocycles. The Labute approximate surface area is 79.2 Å². The first-order valence-corrected chi connectivity index (χ1v) is 5.16. The standard InChI is InChI=1S/C12H15N/c1-2-4-10(5-3-1)11-8-12(11)6-7-13-9-12/h1-5,11,13H,6-9H2. The smallest absolute Gasteiger partial charge is 0.00144 e. The van der Waals surface area contributed by atoms with Crippen molar-refractivity contribution < 1.29 is 0 Å². The van der Waals surface area contributed by atoms with Crippen molar-refractivity contribution in [2.24, 2.45) is 5.41 Å². The molecule has 1 aliphatic heterocycles. The van der Waals surface area contributed by atoms with Gasteiger partial charge in [-0.1, -0.05) is 30.3 Å². The Morgan fingerprint density at radius 1 is 1.23 bits per heavy atom. The highest BCUT2D eigenvalue weighted by atomic mass is 14.9. The monoisotopic (exact) mass is 173 g/mol. The van der Waals surface area contributed by atoms with E-state index in [1.165, 1.54) is 25.9 Å². The Morgan fingerprint density at radius 2 is 2.08 bits per heavy atom. The minimum atomic E-state index is 0.654. The third-order valence-electron chi connectivity index (χ3n) is 3.67. The van der Waals surface area contributed by atoms with Crippen molar-refractivity contribution in [2.75, 3.05) is 13.1 Å². The molecule has 1 saturated carbocycles. The first-order valence-electron chi connectivity index (χ1n) is 5.16. The molecular formula is C12H15N. The predicted octanol–water partition coefficient (Wildman–Crippen LogP) is 2.15. The van der Waals surface area contributed by atoms with Gasteiger partial charge in [0.2, 0.25) is 0 Å². The molecule has 2 unspecified atom stereocenters. The Kier molecular flexibility index (Phi) is 1.50. The van der Waals surface area contributed by atoms with E-state index in [1.54, 1.807) is 5.56 Å². The second-order valence-corrected chi connectivity index (χ2v) is 4.46. The molecule has 1 heteroatoms. The molecule has 0 amide bonds. The maximum atomic E-state index is 3.47. The number of benzene rings is 1. The van der Waals surface area contributed by atoms with Crippen LogP contribution in [0, 0.1) is 5.41 Å². The Bertz CT molecular complexity index is 298. The summed E-state index contributed by atoms with van der Waals surface area (Å²) in [4.78, 5) is 0. The van der Waals surface area contributed by atoms with Crippen LogP contribution < -0.4 is 5.32 Å². The van der Waals surface area contributed by atoms with Crippen molar-refractivity contribution in [1.29, 1.82) is 0 Å². The number of nitrogens with one attached hydrogen (secondary N) is 1. The predicted molar refractivity (Wildman–Crippen MR) is 53.7 cm³/mol. The first kappa shape index (κ1) is 7.57. The highest BCUT2D eigenvalue weighted by molar-refractivity contribution is 5.30. The first-order chi connectivity index (χ1) is 6.41. The number of hydrogen-bond acceptors (Lipinski definition) is 1. The summed E-state index contributed by atoms with van der Waals surface area (Å²) in [6, 6.07) is 11.0. The fourth-order valence-corrected chi connectivity index (χ4v) is 2.74. The van der Waals surface area contributed by atoms with Crippen molar-refractivity contribution in [3.8, 4) is 0 Å². The van der Waals surface area contributed by atoms with Crippen molar-refractivity contribution in [1.82, 2.24) is 5.32 Å². The van der Waals surface area contributed by atoms with Gasteiger partial charge in [0, 0.05) is 6.54 Å². The molecule has 1 heterocycles. The Morgan fingerprint density at radius 3 is 2.77 bits per heavy atom. The van der Waals surface area contributed by atoms with Crippen LogP contribution in [0.25, 0.3) is 0 Å². The quantitative estimate of drug-likeness (QED) is 0.686. The molecule has 1 N–H and O–H groups in total. The fraction of sp³-hybridized carbons (Fsp3) is 0.500. The van der Waals surface area contributed by atoms with Gasteiger partial charge in [0.25, 0.3) is 0 Å². The minimum absolute atomic E-state index is 0.654. The summed E-state index contributed by atoms with van der Waals surface area (Å²) in [7, 11) is 0. The SMILES string of the molecule is c1ccc(C2CC23CCNC3)cc1. The third kappa shape index (κ3) is 1.11. The molecular weight excluding hydrogens is 158 g/mol. The normalized spacial score (nSPS) is 36.8. The van der Waals surface area contributed by atoms with Crippen LogP contribution in [-0.2, 0) is 0 Å². The van der Waals surface area contributed by atoms with Crippen LogP contribution in [-0.4, -0.2) is 13.1 Å². The highest BCUT2D eigenvalue weighted by Crippen LogP contribution is 2.62. The third-order valence-corrected chi connectivity index (χ3v) is 3.67. The fourth-order valence-electron chi connectivity index (χ4n) is 2.74. The molecule has 13 heavy (non-hydrogen) atoms. The maximum Gasteiger partial charge on any atom is 0.00144 e. The Balaban J connectivity index is 1.83. The summed E-state index contributed by atoms with van der Waals surface area (Å²) in [5, 5.41) is 3.47. The average Bonchev–Trinajstić information content (AvgIpc) is 2.66. The van der Waals surface area contributed by atoms with E-state index in [9.17, 15) is 0 Å². The van der Waals surface area contributed by atoms with Crippen molar-refractivity contribution in [3.63, 3.8) is 0 Å². The van der Waals surface area contributed by atoms with Gasteiger partial charge in [-0.15, -0.1) is 0 Å². The molecule has 68 valence electrons. The van der Waals surface area contributed by atoms with E-state index in [1.807, 2.05) is 0 Å². The molecule has 2 fully saturated rings. The van der Waals surface area contributed by atoms with Crippen LogP contribution in [0.2, 0.25) is 0 Å². The topological polar surface area (TPSA) is 12.0 Å². The highest BCUT2D eigenvalue weighted by Gasteiger charge is 2.55. The lowest BCUT2D eigenvalue weighted by Gasteiger charge is -2.06. The minimum Gasteiger partial charge on any atom is -0.316 e. The zero-order valence-electron chi connectivity index (χ0n) is 7.79. The lowest BCUT2D eigenvalue weighted by Crippen LogP contribution is -2.10. The molecule has 1 nitrogen and oxygen atoms in total. The maximum absolute atomic E-state index is 3.47. The van der Waals surface area contributed by atoms with Gasteiger partial charge in [-0.25, -0.2) is 0 Å². The Hall–Kier alpha value is -0.820. The number of rotatable bonds is 1. The van der Waals surface area contributed by atoms with Crippen LogP contribution in [0.5, 0.6) is 0 Å². The largest absolute Gasteiger partial charge is 0.316 e. The molecule has 1 aromatic carbocycles. The molecule has 0 aromatic heterocycles. The summed E-state index contributed by atoms with van der Waals surface area (Å²) >= 11 is 0. The summed E-state index contributed by atoms with van der Waals surface area (Å²) in [6.07, 6.45) is 2.79. The van der Waals surface area contributed by atoms with Crippen LogP contribution >= 0.6 is 0 Å². The van der Waals surface area contributed by atoms with Gasteiger partial charge in [0.05, 0.1) is 0 Å². The van der Waals surface area contributed by atoms with Gasteiger partial charge < -0.3 is 5.32 Å². The molecule has 1 aromatic rings. The van der Waals surface area contributed by atoms with Crippen LogP contribution in [0.3, 0.4) is 0 Å². The molecule has 1 aliphatic carbocycles. The van der Waals surface area contributed by atoms with Crippen molar-refractivity contribution >= 4 is 0 Å². The van der Waals surface area contributed by atoms with Gasteiger partial charge in [0.15, 0.2) is 0 Å². The van der Waals surface area contributed by atoms with E-state index in [4.69, 9.17) is 0 Å². The lowest BCUT2D eigenvalue weighted by molar-refractivity contribution is 0.549. The van der Waals surface area contributed by atoms with E-state index in [0.29, 0.717) is 5.41 Å². The second-order valence-electron chi connectivity index (χ2n) is 4.46. The molecule has 1 spiro atoms. The van der Waals surface area contributed by atoms with Crippen molar-refractivity contribution in [2.45, 2.75) is 18.8 Å². The molecule has 2 atom stereocenters. The van der Waals surface area contributed by atoms with E-state index in [0.717, 1.165) is 5.92 Å². The van der Waals surface area contributed by atoms with Crippen LogP contribution in [0.1, 0.15) is 24.3 Å². The van der Waals surface area contributed by atoms with E-state index < -0.39 is 0 Å². The molecule has 0 bridgehead atoms. The van der Waals surface area contributed by atoms with Crippen LogP contribution in [0.4, 0.5) is 0 Å². The molecule has 0 radical (unpaired) electrons. The number of hydrogen-bond donors (Lipinski definition) is 1. The second kappa shape index (κ2) is 2.58. The van der Waals surface area contributed by atoms with Gasteiger partial charge in [0.1, 0.15) is 0 Å². The zero-order chi connectivity index (χ0) is 8.73. The molecule has 3 rings (SSSR count). The van der Waals surface area contributed by atoms with Gasteiger partial charge >= 0.3 is 0 Å². The van der Waals surface area contributed by atoms with E-state index in [2.05, 4.69) is 35.6 Å². The van der Waals surface area contributed by atoms with Crippen molar-refractivity contribution in [3.05, 3.63) is 35.9 Å². The van der Waals surface area contributed by atoms with Crippen LogP contribution in [0.15, 0.2) is 30.3 Å². The van der Waals surface area contributed by atoms with E-state index in [-0.39, 0.29) is 0 Å². The average molecular weight is 173 g/mol. The summed E-state index contributed by atoms with van der Waals surface area (Å²) in [6.45, 7) is 2.47. The summed E-state index contributed by atoms with van der Waals surface area (Å²) in [5.74, 6) is 0.851. The van der Waals surface area contributed by atoms with E-state index >= 15 is 0 Å². The van der Waals surface area contributed by atoms with Gasteiger partial charge in [-0.2, -0.15) is 0 Å². The lowest BCUT2D eigenvalue weighted by atomic mass is 9.98. The molecule has 2 aliphatic rings.